The van der Waals surface area contributed by atoms with Gasteiger partial charge in [-0.2, -0.15) is 0 Å². The Kier molecular flexibility index (Phi) is 3.66. The summed E-state index contributed by atoms with van der Waals surface area (Å²) < 4.78 is 5.66. The zero-order valence-electron chi connectivity index (χ0n) is 9.89. The first-order chi connectivity index (χ1) is 8.27. The summed E-state index contributed by atoms with van der Waals surface area (Å²) >= 11 is 0. The third kappa shape index (κ3) is 3.00. The van der Waals surface area contributed by atoms with Crippen LogP contribution < -0.4 is 4.74 Å². The molecular formula is C15H16O2. The number of rotatable bonds is 4. The van der Waals surface area contributed by atoms with Crippen LogP contribution in [0.4, 0.5) is 0 Å². The molecule has 2 aromatic carbocycles. The maximum Gasteiger partial charge on any atom is 0.125 e. The highest BCUT2D eigenvalue weighted by atomic mass is 16.5. The van der Waals surface area contributed by atoms with E-state index < -0.39 is 0 Å². The normalized spacial score (nSPS) is 10.2. The molecule has 0 aliphatic carbocycles. The van der Waals surface area contributed by atoms with E-state index in [-0.39, 0.29) is 5.75 Å². The van der Waals surface area contributed by atoms with Gasteiger partial charge in [0, 0.05) is 12.0 Å². The van der Waals surface area contributed by atoms with Crippen molar-refractivity contribution in [3.8, 4) is 11.5 Å². The Balaban J connectivity index is 1.93. The first kappa shape index (κ1) is 11.5. The van der Waals surface area contributed by atoms with E-state index in [1.54, 1.807) is 12.1 Å². The van der Waals surface area contributed by atoms with Crippen molar-refractivity contribution in [2.75, 3.05) is 6.61 Å². The van der Waals surface area contributed by atoms with E-state index in [2.05, 4.69) is 12.1 Å². The highest BCUT2D eigenvalue weighted by Gasteiger charge is 2.03. The van der Waals surface area contributed by atoms with E-state index in [4.69, 9.17) is 4.74 Å². The molecular weight excluding hydrogens is 212 g/mol. The molecule has 0 atom stereocenters. The van der Waals surface area contributed by atoms with E-state index in [0.29, 0.717) is 6.61 Å². The van der Waals surface area contributed by atoms with E-state index in [1.807, 2.05) is 31.2 Å². The summed E-state index contributed by atoms with van der Waals surface area (Å²) in [6.07, 6.45) is 0.871. The molecule has 2 aromatic rings. The minimum atomic E-state index is 0.280. The smallest absolute Gasteiger partial charge is 0.125 e. The zero-order chi connectivity index (χ0) is 12.1. The molecule has 0 saturated heterocycles. The number of phenolic OH excluding ortho intramolecular Hbond substituents is 1. The third-order valence-corrected chi connectivity index (χ3v) is 2.75. The minimum Gasteiger partial charge on any atom is -0.508 e. The molecule has 0 aliphatic heterocycles. The Hall–Kier alpha value is -1.96. The van der Waals surface area contributed by atoms with Gasteiger partial charge in [0.1, 0.15) is 11.5 Å². The molecule has 17 heavy (non-hydrogen) atoms. The van der Waals surface area contributed by atoms with Gasteiger partial charge in [-0.15, -0.1) is 0 Å². The van der Waals surface area contributed by atoms with Gasteiger partial charge in [-0.1, -0.05) is 36.4 Å². The summed E-state index contributed by atoms with van der Waals surface area (Å²) in [5.41, 5.74) is 2.05. The van der Waals surface area contributed by atoms with Crippen molar-refractivity contribution in [1.82, 2.24) is 0 Å². The molecule has 0 bridgehead atoms. The fourth-order valence-electron chi connectivity index (χ4n) is 1.68. The number of phenols is 1. The Morgan fingerprint density at radius 3 is 2.53 bits per heavy atom. The summed E-state index contributed by atoms with van der Waals surface area (Å²) in [7, 11) is 0. The predicted molar refractivity (Wildman–Crippen MR) is 68.5 cm³/mol. The zero-order valence-corrected chi connectivity index (χ0v) is 9.89. The quantitative estimate of drug-likeness (QED) is 0.869. The SMILES string of the molecule is Cc1c(O)cccc1OCCc1ccccc1. The fourth-order valence-corrected chi connectivity index (χ4v) is 1.68. The number of hydrogen-bond donors (Lipinski definition) is 1. The first-order valence-electron chi connectivity index (χ1n) is 5.72. The van der Waals surface area contributed by atoms with Crippen molar-refractivity contribution >= 4 is 0 Å². The van der Waals surface area contributed by atoms with Crippen LogP contribution in [0.15, 0.2) is 48.5 Å². The maximum atomic E-state index is 9.54. The van der Waals surface area contributed by atoms with Gasteiger partial charge >= 0.3 is 0 Å². The van der Waals surface area contributed by atoms with E-state index in [9.17, 15) is 5.11 Å². The fraction of sp³-hybridized carbons (Fsp3) is 0.200. The van der Waals surface area contributed by atoms with Crippen molar-refractivity contribution < 1.29 is 9.84 Å². The van der Waals surface area contributed by atoms with Crippen molar-refractivity contribution in [2.45, 2.75) is 13.3 Å². The second-order valence-corrected chi connectivity index (χ2v) is 3.98. The average molecular weight is 228 g/mol. The van der Waals surface area contributed by atoms with Gasteiger partial charge in [0.2, 0.25) is 0 Å². The molecule has 0 unspecified atom stereocenters. The molecule has 0 aliphatic rings. The second-order valence-electron chi connectivity index (χ2n) is 3.98. The van der Waals surface area contributed by atoms with Crippen LogP contribution in [0.1, 0.15) is 11.1 Å². The first-order valence-corrected chi connectivity index (χ1v) is 5.72. The van der Waals surface area contributed by atoms with Crippen LogP contribution in [-0.2, 0) is 6.42 Å². The van der Waals surface area contributed by atoms with Gasteiger partial charge in [-0.25, -0.2) is 0 Å². The van der Waals surface area contributed by atoms with Crippen LogP contribution >= 0.6 is 0 Å². The van der Waals surface area contributed by atoms with E-state index >= 15 is 0 Å². The molecule has 0 radical (unpaired) electrons. The summed E-state index contributed by atoms with van der Waals surface area (Å²) in [6, 6.07) is 15.5. The highest BCUT2D eigenvalue weighted by Crippen LogP contribution is 2.25. The second kappa shape index (κ2) is 5.39. The van der Waals surface area contributed by atoms with Crippen LogP contribution in [0, 0.1) is 6.92 Å². The van der Waals surface area contributed by atoms with Gasteiger partial charge in [-0.3, -0.25) is 0 Å². The largest absolute Gasteiger partial charge is 0.508 e. The lowest BCUT2D eigenvalue weighted by atomic mass is 10.1. The molecule has 0 spiro atoms. The summed E-state index contributed by atoms with van der Waals surface area (Å²) in [5, 5.41) is 9.54. The van der Waals surface area contributed by atoms with Gasteiger partial charge in [0.05, 0.1) is 6.61 Å². The van der Waals surface area contributed by atoms with Gasteiger partial charge < -0.3 is 9.84 Å². The van der Waals surface area contributed by atoms with E-state index in [1.165, 1.54) is 5.56 Å². The number of aromatic hydroxyl groups is 1. The van der Waals surface area contributed by atoms with Crippen LogP contribution in [-0.4, -0.2) is 11.7 Å². The lowest BCUT2D eigenvalue weighted by Gasteiger charge is -2.09. The van der Waals surface area contributed by atoms with Gasteiger partial charge in [-0.05, 0) is 24.6 Å². The molecule has 2 rings (SSSR count). The maximum absolute atomic E-state index is 9.54. The summed E-state index contributed by atoms with van der Waals surface area (Å²) in [5.74, 6) is 1.03. The van der Waals surface area contributed by atoms with Crippen LogP contribution in [0.5, 0.6) is 11.5 Å². The Bertz CT molecular complexity index is 478. The molecule has 0 amide bonds. The average Bonchev–Trinajstić information content (AvgIpc) is 2.36. The van der Waals surface area contributed by atoms with Crippen molar-refractivity contribution in [2.24, 2.45) is 0 Å². The Morgan fingerprint density at radius 1 is 1.00 bits per heavy atom. The summed E-state index contributed by atoms with van der Waals surface area (Å²) in [4.78, 5) is 0. The van der Waals surface area contributed by atoms with Crippen molar-refractivity contribution in [3.05, 3.63) is 59.7 Å². The van der Waals surface area contributed by atoms with Gasteiger partial charge in [0.25, 0.3) is 0 Å². The Morgan fingerprint density at radius 2 is 1.76 bits per heavy atom. The lowest BCUT2D eigenvalue weighted by molar-refractivity contribution is 0.317. The van der Waals surface area contributed by atoms with Crippen LogP contribution in [0.25, 0.3) is 0 Å². The number of benzene rings is 2. The monoisotopic (exact) mass is 228 g/mol. The van der Waals surface area contributed by atoms with Crippen LogP contribution in [0.3, 0.4) is 0 Å². The standard InChI is InChI=1S/C15H16O2/c1-12-14(16)8-5-9-15(12)17-11-10-13-6-3-2-4-7-13/h2-9,16H,10-11H2,1H3. The Labute approximate surface area is 101 Å². The van der Waals surface area contributed by atoms with E-state index in [0.717, 1.165) is 17.7 Å². The molecule has 0 saturated carbocycles. The molecule has 0 heterocycles. The third-order valence-electron chi connectivity index (χ3n) is 2.75. The molecule has 2 heteroatoms. The topological polar surface area (TPSA) is 29.5 Å². The highest BCUT2D eigenvalue weighted by molar-refractivity contribution is 5.42. The van der Waals surface area contributed by atoms with Crippen LogP contribution in [0.2, 0.25) is 0 Å². The number of ether oxygens (including phenoxy) is 1. The minimum absolute atomic E-state index is 0.280. The predicted octanol–water partition coefficient (Wildman–Crippen LogP) is 3.32. The van der Waals surface area contributed by atoms with Crippen molar-refractivity contribution in [3.63, 3.8) is 0 Å². The molecule has 0 aromatic heterocycles. The molecule has 1 N–H and O–H groups in total. The molecule has 88 valence electrons. The number of hydrogen-bond acceptors (Lipinski definition) is 2. The lowest BCUT2D eigenvalue weighted by Crippen LogP contribution is -2.02. The van der Waals surface area contributed by atoms with Gasteiger partial charge in [0.15, 0.2) is 0 Å². The summed E-state index contributed by atoms with van der Waals surface area (Å²) in [6.45, 7) is 2.47. The molecule has 0 fully saturated rings. The molecule has 2 nitrogen and oxygen atoms in total. The van der Waals surface area contributed by atoms with Crippen molar-refractivity contribution in [1.29, 1.82) is 0 Å².